The highest BCUT2D eigenvalue weighted by Crippen LogP contribution is 2.28. The highest BCUT2D eigenvalue weighted by molar-refractivity contribution is 5.81. The fourth-order valence-corrected chi connectivity index (χ4v) is 2.90. The lowest BCUT2D eigenvalue weighted by atomic mass is 9.87. The molecule has 1 amide bonds. The van der Waals surface area contributed by atoms with Crippen molar-refractivity contribution in [1.29, 1.82) is 5.41 Å². The molecule has 0 aliphatic heterocycles. The van der Waals surface area contributed by atoms with E-state index in [4.69, 9.17) is 5.41 Å². The Balaban J connectivity index is 3.34. The van der Waals surface area contributed by atoms with Gasteiger partial charge in [0.2, 0.25) is 5.91 Å². The van der Waals surface area contributed by atoms with Crippen LogP contribution in [0.2, 0.25) is 0 Å². The van der Waals surface area contributed by atoms with E-state index >= 15 is 0 Å². The first-order valence-electron chi connectivity index (χ1n) is 8.22. The van der Waals surface area contributed by atoms with Crippen molar-refractivity contribution < 1.29 is 9.18 Å². The van der Waals surface area contributed by atoms with Crippen LogP contribution < -0.4 is 5.32 Å². The van der Waals surface area contributed by atoms with Gasteiger partial charge in [-0.25, -0.2) is 4.39 Å². The molecule has 0 saturated carbocycles. The second-order valence-electron chi connectivity index (χ2n) is 6.43. The van der Waals surface area contributed by atoms with Gasteiger partial charge < -0.3 is 15.6 Å². The van der Waals surface area contributed by atoms with Crippen LogP contribution in [-0.2, 0) is 4.79 Å². The molecule has 5 heteroatoms. The number of hydrogen-bond donors (Lipinski definition) is 2. The Bertz CT molecular complexity index is 581. The number of halogens is 1. The van der Waals surface area contributed by atoms with Gasteiger partial charge in [0.05, 0.1) is 6.04 Å². The van der Waals surface area contributed by atoms with Gasteiger partial charge in [-0.1, -0.05) is 32.9 Å². The Morgan fingerprint density at radius 1 is 1.29 bits per heavy atom. The molecule has 24 heavy (non-hydrogen) atoms. The molecule has 132 valence electrons. The van der Waals surface area contributed by atoms with Gasteiger partial charge in [0.15, 0.2) is 0 Å². The molecule has 1 unspecified atom stereocenters. The van der Waals surface area contributed by atoms with E-state index in [0.717, 1.165) is 5.56 Å². The summed E-state index contributed by atoms with van der Waals surface area (Å²) in [6, 6.07) is 6.04. The number of amides is 1. The first kappa shape index (κ1) is 19.9. The van der Waals surface area contributed by atoms with Crippen LogP contribution in [0.1, 0.15) is 39.2 Å². The Morgan fingerprint density at radius 2 is 1.88 bits per heavy atom. The first-order chi connectivity index (χ1) is 11.3. The SMILES string of the molecule is CN/C=C(\C=N)C([C@@H](C)c1ccc(F)cc1)N(CC(C)C)C(C)=O. The lowest BCUT2D eigenvalue weighted by Crippen LogP contribution is -2.45. The van der Waals surface area contributed by atoms with Crippen LogP contribution in [0.15, 0.2) is 36.0 Å². The van der Waals surface area contributed by atoms with Crippen molar-refractivity contribution in [3.05, 3.63) is 47.4 Å². The normalized spacial score (nSPS) is 14.2. The molecule has 2 N–H and O–H groups in total. The van der Waals surface area contributed by atoms with E-state index in [0.29, 0.717) is 18.0 Å². The second-order valence-corrected chi connectivity index (χ2v) is 6.43. The molecule has 1 aromatic carbocycles. The Labute approximate surface area is 144 Å². The molecule has 0 aliphatic rings. The van der Waals surface area contributed by atoms with Crippen LogP contribution in [0.3, 0.4) is 0 Å². The molecule has 1 aromatic rings. The van der Waals surface area contributed by atoms with E-state index in [-0.39, 0.29) is 23.7 Å². The summed E-state index contributed by atoms with van der Waals surface area (Å²) in [5, 5.41) is 10.7. The fourth-order valence-electron chi connectivity index (χ4n) is 2.90. The van der Waals surface area contributed by atoms with Crippen molar-refractivity contribution in [2.75, 3.05) is 13.6 Å². The zero-order chi connectivity index (χ0) is 18.3. The van der Waals surface area contributed by atoms with Crippen LogP contribution in [0.4, 0.5) is 4.39 Å². The summed E-state index contributed by atoms with van der Waals surface area (Å²) < 4.78 is 13.2. The Kier molecular flexibility index (Phi) is 7.62. The highest BCUT2D eigenvalue weighted by Gasteiger charge is 2.30. The van der Waals surface area contributed by atoms with Gasteiger partial charge in [0.25, 0.3) is 0 Å². The summed E-state index contributed by atoms with van der Waals surface area (Å²) in [6.07, 6.45) is 3.02. The van der Waals surface area contributed by atoms with E-state index in [1.165, 1.54) is 18.3 Å². The standard InChI is InChI=1S/C19H28FN3O/c1-13(2)12-23(15(4)24)19(17(10-21)11-22-5)14(3)16-6-8-18(20)9-7-16/h6-11,13-14,19,21-22H,12H2,1-5H3/b17-11+,21-10?/t14-,19?/m0/s1. The van der Waals surface area contributed by atoms with Gasteiger partial charge in [0, 0.05) is 44.4 Å². The molecular weight excluding hydrogens is 305 g/mol. The van der Waals surface area contributed by atoms with Gasteiger partial charge in [-0.3, -0.25) is 4.79 Å². The quantitative estimate of drug-likeness (QED) is 0.715. The van der Waals surface area contributed by atoms with Crippen LogP contribution in [0.25, 0.3) is 0 Å². The molecule has 0 heterocycles. The van der Waals surface area contributed by atoms with E-state index in [2.05, 4.69) is 19.2 Å². The van der Waals surface area contributed by atoms with Crippen molar-refractivity contribution in [1.82, 2.24) is 10.2 Å². The van der Waals surface area contributed by atoms with Crippen LogP contribution in [-0.4, -0.2) is 36.7 Å². The van der Waals surface area contributed by atoms with Crippen molar-refractivity contribution >= 4 is 12.1 Å². The zero-order valence-electron chi connectivity index (χ0n) is 15.1. The summed E-state index contributed by atoms with van der Waals surface area (Å²) in [7, 11) is 1.77. The van der Waals surface area contributed by atoms with E-state index < -0.39 is 0 Å². The number of carbonyl (C=O) groups excluding carboxylic acids is 1. The largest absolute Gasteiger partial charge is 0.394 e. The first-order valence-corrected chi connectivity index (χ1v) is 8.22. The number of nitrogens with zero attached hydrogens (tertiary/aromatic N) is 1. The predicted molar refractivity (Wildman–Crippen MR) is 96.8 cm³/mol. The molecular formula is C19H28FN3O. The maximum atomic E-state index is 13.2. The third-order valence-electron chi connectivity index (χ3n) is 3.99. The number of carbonyl (C=O) groups is 1. The lowest BCUT2D eigenvalue weighted by Gasteiger charge is -2.37. The third-order valence-corrected chi connectivity index (χ3v) is 3.99. The van der Waals surface area contributed by atoms with E-state index in [9.17, 15) is 9.18 Å². The highest BCUT2D eigenvalue weighted by atomic mass is 19.1. The Morgan fingerprint density at radius 3 is 2.29 bits per heavy atom. The number of rotatable bonds is 8. The molecule has 0 fully saturated rings. The Hall–Kier alpha value is -2.17. The maximum Gasteiger partial charge on any atom is 0.219 e. The van der Waals surface area contributed by atoms with Crippen LogP contribution in [0, 0.1) is 17.1 Å². The minimum atomic E-state index is -0.291. The zero-order valence-corrected chi connectivity index (χ0v) is 15.1. The molecule has 0 bridgehead atoms. The van der Waals surface area contributed by atoms with E-state index in [1.807, 2.05) is 6.92 Å². The molecule has 1 rings (SSSR count). The third kappa shape index (κ3) is 5.18. The van der Waals surface area contributed by atoms with Gasteiger partial charge in [-0.2, -0.15) is 0 Å². The van der Waals surface area contributed by atoms with Crippen LogP contribution >= 0.6 is 0 Å². The summed E-state index contributed by atoms with van der Waals surface area (Å²) in [5.41, 5.74) is 1.64. The van der Waals surface area contributed by atoms with Gasteiger partial charge >= 0.3 is 0 Å². The minimum absolute atomic E-state index is 0.0356. The smallest absolute Gasteiger partial charge is 0.219 e. The molecule has 4 nitrogen and oxygen atoms in total. The number of nitrogens with one attached hydrogen (secondary N) is 2. The molecule has 0 saturated heterocycles. The van der Waals surface area contributed by atoms with Gasteiger partial charge in [0.1, 0.15) is 5.82 Å². The summed E-state index contributed by atoms with van der Waals surface area (Å²) >= 11 is 0. The average Bonchev–Trinajstić information content (AvgIpc) is 2.53. The fraction of sp³-hybridized carbons (Fsp3) is 0.474. The molecule has 2 atom stereocenters. The molecule has 0 aromatic heterocycles. The molecule has 0 aliphatic carbocycles. The van der Waals surface area contributed by atoms with Crippen molar-refractivity contribution in [3.63, 3.8) is 0 Å². The topological polar surface area (TPSA) is 56.2 Å². The monoisotopic (exact) mass is 333 g/mol. The number of benzene rings is 1. The van der Waals surface area contributed by atoms with Gasteiger partial charge in [-0.05, 0) is 23.6 Å². The predicted octanol–water partition coefficient (Wildman–Crippen LogP) is 3.56. The minimum Gasteiger partial charge on any atom is -0.394 e. The van der Waals surface area contributed by atoms with Crippen molar-refractivity contribution in [2.24, 2.45) is 5.92 Å². The summed E-state index contributed by atoms with van der Waals surface area (Å²) in [6.45, 7) is 8.26. The van der Waals surface area contributed by atoms with Gasteiger partial charge in [-0.15, -0.1) is 0 Å². The number of hydrogen-bond acceptors (Lipinski definition) is 3. The summed E-state index contributed by atoms with van der Waals surface area (Å²) in [5.74, 6) is -0.0921. The van der Waals surface area contributed by atoms with Crippen molar-refractivity contribution in [3.8, 4) is 0 Å². The maximum absolute atomic E-state index is 13.2. The molecule has 0 spiro atoms. The lowest BCUT2D eigenvalue weighted by molar-refractivity contribution is -0.131. The van der Waals surface area contributed by atoms with Crippen molar-refractivity contribution in [2.45, 2.75) is 39.7 Å². The van der Waals surface area contributed by atoms with E-state index in [1.54, 1.807) is 37.2 Å². The molecule has 0 radical (unpaired) electrons. The summed E-state index contributed by atoms with van der Waals surface area (Å²) in [4.78, 5) is 14.1. The average molecular weight is 333 g/mol. The van der Waals surface area contributed by atoms with Crippen LogP contribution in [0.5, 0.6) is 0 Å². The second kappa shape index (κ2) is 9.21.